The second-order valence-corrected chi connectivity index (χ2v) is 8.23. The molecule has 1 aliphatic rings. The van der Waals surface area contributed by atoms with E-state index in [2.05, 4.69) is 28.8 Å². The number of hydrogen-bond acceptors (Lipinski definition) is 6. The highest BCUT2D eigenvalue weighted by atomic mass is 16.4. The molecule has 1 rings (SSSR count). The predicted molar refractivity (Wildman–Crippen MR) is 100.0 cm³/mol. The lowest BCUT2D eigenvalue weighted by Crippen LogP contribution is -2.44. The van der Waals surface area contributed by atoms with Gasteiger partial charge >= 0.3 is 5.97 Å². The first kappa shape index (κ1) is 22.0. The number of Topliss-reactive ketones (excluding diaryl/α,β-unsaturated/α-hetero) is 1. The third-order valence-electron chi connectivity index (χ3n) is 4.75. The minimum Gasteiger partial charge on any atom is -0.480 e. The molecule has 1 aliphatic heterocycles. The van der Waals surface area contributed by atoms with E-state index in [0.717, 1.165) is 45.8 Å². The highest BCUT2D eigenvalue weighted by Crippen LogP contribution is 2.15. The monoisotopic (exact) mass is 356 g/mol. The van der Waals surface area contributed by atoms with Crippen molar-refractivity contribution in [3.63, 3.8) is 0 Å². The number of nitrogens with zero attached hydrogens (tertiary/aromatic N) is 4. The molecule has 0 unspecified atom stereocenters. The van der Waals surface area contributed by atoms with Crippen LogP contribution in [0.1, 0.15) is 20.8 Å². The predicted octanol–water partition coefficient (Wildman–Crippen LogP) is 0.167. The molecule has 0 saturated carbocycles. The smallest absolute Gasteiger partial charge is 0.317 e. The molecule has 7 nitrogen and oxygen atoms in total. The molecule has 0 aromatic rings. The van der Waals surface area contributed by atoms with Gasteiger partial charge in [0.1, 0.15) is 0 Å². The van der Waals surface area contributed by atoms with Crippen LogP contribution >= 0.6 is 0 Å². The molecule has 7 heteroatoms. The SMILES string of the molecule is CN1CCN(C)CCN(CCN(CC(=O)O)CC(=O)C(C)(C)C)CC1. The second-order valence-electron chi connectivity index (χ2n) is 8.23. The summed E-state index contributed by atoms with van der Waals surface area (Å²) in [4.78, 5) is 32.2. The number of aliphatic carboxylic acids is 1. The molecule has 0 aromatic carbocycles. The molecule has 1 fully saturated rings. The molecule has 25 heavy (non-hydrogen) atoms. The van der Waals surface area contributed by atoms with Crippen LogP contribution in [0, 0.1) is 5.41 Å². The highest BCUT2D eigenvalue weighted by Gasteiger charge is 2.24. The van der Waals surface area contributed by atoms with Crippen molar-refractivity contribution in [2.45, 2.75) is 20.8 Å². The number of carbonyl (C=O) groups is 2. The Hall–Kier alpha value is -1.02. The lowest BCUT2D eigenvalue weighted by molar-refractivity contribution is -0.139. The Kier molecular flexibility index (Phi) is 8.99. The van der Waals surface area contributed by atoms with Crippen molar-refractivity contribution in [1.82, 2.24) is 19.6 Å². The first-order chi connectivity index (χ1) is 11.6. The zero-order valence-electron chi connectivity index (χ0n) is 16.6. The van der Waals surface area contributed by atoms with Crippen molar-refractivity contribution in [2.75, 3.05) is 79.5 Å². The van der Waals surface area contributed by atoms with Gasteiger partial charge in [-0.3, -0.25) is 19.4 Å². The Morgan fingerprint density at radius 1 is 0.920 bits per heavy atom. The zero-order valence-corrected chi connectivity index (χ0v) is 16.6. The molecule has 0 bridgehead atoms. The van der Waals surface area contributed by atoms with E-state index in [0.29, 0.717) is 6.54 Å². The Labute approximate surface area is 152 Å². The van der Waals surface area contributed by atoms with Gasteiger partial charge in [-0.1, -0.05) is 20.8 Å². The second kappa shape index (κ2) is 10.2. The summed E-state index contributed by atoms with van der Waals surface area (Å²) in [6, 6.07) is 0. The number of carboxylic acids is 1. The van der Waals surface area contributed by atoms with Gasteiger partial charge in [-0.2, -0.15) is 0 Å². The molecule has 0 aromatic heterocycles. The van der Waals surface area contributed by atoms with Crippen LogP contribution in [-0.4, -0.2) is 116 Å². The first-order valence-electron chi connectivity index (χ1n) is 9.15. The molecule has 1 saturated heterocycles. The van der Waals surface area contributed by atoms with E-state index in [1.165, 1.54) is 0 Å². The van der Waals surface area contributed by atoms with Crippen LogP contribution in [0.25, 0.3) is 0 Å². The van der Waals surface area contributed by atoms with Gasteiger partial charge in [0.05, 0.1) is 13.1 Å². The minimum absolute atomic E-state index is 0.0812. The number of likely N-dealkylation sites (N-methyl/N-ethyl adjacent to an activating group) is 2. The van der Waals surface area contributed by atoms with Gasteiger partial charge in [0.25, 0.3) is 0 Å². The van der Waals surface area contributed by atoms with Crippen molar-refractivity contribution in [3.05, 3.63) is 0 Å². The van der Waals surface area contributed by atoms with E-state index in [-0.39, 0.29) is 18.9 Å². The Morgan fingerprint density at radius 2 is 1.40 bits per heavy atom. The standard InChI is InChI=1S/C18H36N4O3/c1-18(2,3)16(23)14-22(15-17(24)25)13-12-21-10-8-19(4)6-7-20(5)9-11-21/h6-15H2,1-5H3,(H,24,25). The fraction of sp³-hybridized carbons (Fsp3) is 0.889. The molecule has 0 atom stereocenters. The minimum atomic E-state index is -0.884. The number of ketones is 1. The number of hydrogen-bond donors (Lipinski definition) is 1. The average molecular weight is 357 g/mol. The summed E-state index contributed by atoms with van der Waals surface area (Å²) in [5.74, 6) is -0.802. The van der Waals surface area contributed by atoms with Gasteiger partial charge in [0, 0.05) is 57.8 Å². The lowest BCUT2D eigenvalue weighted by atomic mass is 9.90. The largest absolute Gasteiger partial charge is 0.480 e. The molecule has 1 heterocycles. The summed E-state index contributed by atoms with van der Waals surface area (Å²) in [7, 11) is 4.27. The van der Waals surface area contributed by atoms with Crippen molar-refractivity contribution in [2.24, 2.45) is 5.41 Å². The molecular formula is C18H36N4O3. The van der Waals surface area contributed by atoms with Crippen LogP contribution in [0.5, 0.6) is 0 Å². The van der Waals surface area contributed by atoms with Crippen LogP contribution in [-0.2, 0) is 9.59 Å². The van der Waals surface area contributed by atoms with E-state index >= 15 is 0 Å². The number of carbonyl (C=O) groups excluding carboxylic acids is 1. The maximum absolute atomic E-state index is 12.3. The summed E-state index contributed by atoms with van der Waals surface area (Å²) in [5, 5.41) is 9.15. The van der Waals surface area contributed by atoms with Crippen molar-refractivity contribution in [3.8, 4) is 0 Å². The summed E-state index contributed by atoms with van der Waals surface area (Å²) in [6.07, 6.45) is 0. The summed E-state index contributed by atoms with van der Waals surface area (Å²) >= 11 is 0. The van der Waals surface area contributed by atoms with Crippen LogP contribution in [0.3, 0.4) is 0 Å². The molecule has 146 valence electrons. The van der Waals surface area contributed by atoms with Gasteiger partial charge in [0.15, 0.2) is 5.78 Å². The Bertz CT molecular complexity index is 423. The van der Waals surface area contributed by atoms with Crippen molar-refractivity contribution >= 4 is 11.8 Å². The normalized spacial score (nSPS) is 19.4. The van der Waals surface area contributed by atoms with E-state index in [1.807, 2.05) is 20.8 Å². The van der Waals surface area contributed by atoms with Crippen molar-refractivity contribution < 1.29 is 14.7 Å². The fourth-order valence-corrected chi connectivity index (χ4v) is 2.65. The summed E-state index contributed by atoms with van der Waals surface area (Å²) in [5.41, 5.74) is -0.444. The number of carboxylic acid groups (broad SMARTS) is 1. The molecule has 1 N–H and O–H groups in total. The summed E-state index contributed by atoms with van der Waals surface area (Å²) < 4.78 is 0. The van der Waals surface area contributed by atoms with Gasteiger partial charge in [-0.15, -0.1) is 0 Å². The van der Waals surface area contributed by atoms with E-state index in [9.17, 15) is 9.59 Å². The van der Waals surface area contributed by atoms with Gasteiger partial charge < -0.3 is 14.9 Å². The Morgan fingerprint density at radius 3 is 1.84 bits per heavy atom. The van der Waals surface area contributed by atoms with Gasteiger partial charge in [0.2, 0.25) is 0 Å². The fourth-order valence-electron chi connectivity index (χ4n) is 2.65. The maximum atomic E-state index is 12.3. The summed E-state index contributed by atoms with van der Waals surface area (Å²) in [6.45, 7) is 13.2. The lowest BCUT2D eigenvalue weighted by Gasteiger charge is -2.29. The molecule has 0 aliphatic carbocycles. The van der Waals surface area contributed by atoms with Crippen LogP contribution in [0.15, 0.2) is 0 Å². The van der Waals surface area contributed by atoms with Crippen LogP contribution in [0.4, 0.5) is 0 Å². The first-order valence-corrected chi connectivity index (χ1v) is 9.15. The average Bonchev–Trinajstić information content (AvgIpc) is 2.56. The van der Waals surface area contributed by atoms with Crippen molar-refractivity contribution in [1.29, 1.82) is 0 Å². The van der Waals surface area contributed by atoms with Gasteiger partial charge in [-0.05, 0) is 14.1 Å². The third kappa shape index (κ3) is 9.30. The highest BCUT2D eigenvalue weighted by molar-refractivity contribution is 5.85. The molecule has 0 amide bonds. The zero-order chi connectivity index (χ0) is 19.0. The Balaban J connectivity index is 2.60. The molecule has 0 spiro atoms. The molecular weight excluding hydrogens is 320 g/mol. The molecule has 0 radical (unpaired) electrons. The van der Waals surface area contributed by atoms with E-state index in [1.54, 1.807) is 4.90 Å². The van der Waals surface area contributed by atoms with E-state index < -0.39 is 11.4 Å². The van der Waals surface area contributed by atoms with Crippen LogP contribution in [0.2, 0.25) is 0 Å². The third-order valence-corrected chi connectivity index (χ3v) is 4.75. The van der Waals surface area contributed by atoms with E-state index in [4.69, 9.17) is 5.11 Å². The quantitative estimate of drug-likeness (QED) is 0.697. The maximum Gasteiger partial charge on any atom is 0.317 e. The van der Waals surface area contributed by atoms with Crippen LogP contribution < -0.4 is 0 Å². The van der Waals surface area contributed by atoms with Gasteiger partial charge in [-0.25, -0.2) is 0 Å². The topological polar surface area (TPSA) is 67.3 Å². The number of rotatable bonds is 7.